The molecule has 0 atom stereocenters. The van der Waals surface area contributed by atoms with Gasteiger partial charge < -0.3 is 4.74 Å². The summed E-state index contributed by atoms with van der Waals surface area (Å²) in [4.78, 5) is 11.2. The average molecular weight is 297 g/mol. The van der Waals surface area contributed by atoms with E-state index in [1.165, 1.54) is 0 Å². The molecule has 0 aromatic heterocycles. The van der Waals surface area contributed by atoms with Crippen LogP contribution in [0.3, 0.4) is 0 Å². The van der Waals surface area contributed by atoms with E-state index in [9.17, 15) is 31.1 Å². The first kappa shape index (κ1) is 15.8. The van der Waals surface area contributed by atoms with Crippen molar-refractivity contribution in [1.82, 2.24) is 0 Å². The van der Waals surface area contributed by atoms with E-state index in [2.05, 4.69) is 4.74 Å². The molecule has 0 saturated heterocycles. The van der Waals surface area contributed by atoms with Gasteiger partial charge in [-0.05, 0) is 12.1 Å². The van der Waals surface area contributed by atoms with Crippen LogP contribution in [0, 0.1) is 11.3 Å². The quantitative estimate of drug-likeness (QED) is 0.590. The summed E-state index contributed by atoms with van der Waals surface area (Å²) in [6.07, 6.45) is -10.9. The molecule has 0 radical (unpaired) electrons. The van der Waals surface area contributed by atoms with Gasteiger partial charge in [-0.15, -0.1) is 0 Å². The van der Waals surface area contributed by atoms with Crippen LogP contribution in [0.25, 0.3) is 0 Å². The lowest BCUT2D eigenvalue weighted by atomic mass is 9.95. The number of rotatable bonds is 1. The van der Waals surface area contributed by atoms with Gasteiger partial charge in [-0.2, -0.15) is 31.6 Å². The van der Waals surface area contributed by atoms with Gasteiger partial charge >= 0.3 is 18.3 Å². The summed E-state index contributed by atoms with van der Waals surface area (Å²) in [6, 6.07) is 1.99. The average Bonchev–Trinajstić information content (AvgIpc) is 2.33. The van der Waals surface area contributed by atoms with Gasteiger partial charge in [-0.3, -0.25) is 0 Å². The highest BCUT2D eigenvalue weighted by Gasteiger charge is 2.47. The lowest BCUT2D eigenvalue weighted by Crippen LogP contribution is -2.23. The number of benzene rings is 1. The van der Waals surface area contributed by atoms with Gasteiger partial charge in [0, 0.05) is 0 Å². The molecule has 20 heavy (non-hydrogen) atoms. The van der Waals surface area contributed by atoms with Gasteiger partial charge in [0.1, 0.15) is 0 Å². The second-order valence-corrected chi connectivity index (χ2v) is 3.51. The van der Waals surface area contributed by atoms with Crippen LogP contribution >= 0.6 is 0 Å². The number of ether oxygens (including phenoxy) is 1. The van der Waals surface area contributed by atoms with E-state index in [0.29, 0.717) is 12.1 Å². The molecule has 0 saturated carbocycles. The van der Waals surface area contributed by atoms with Gasteiger partial charge in [-0.25, -0.2) is 4.79 Å². The maximum atomic E-state index is 12.8. The van der Waals surface area contributed by atoms with E-state index < -0.39 is 40.6 Å². The SMILES string of the molecule is COC(=O)c1ccc(C#N)c(C(F)(F)F)c1C(F)(F)F. The Morgan fingerprint density at radius 1 is 1.10 bits per heavy atom. The van der Waals surface area contributed by atoms with Crippen molar-refractivity contribution in [2.75, 3.05) is 7.11 Å². The Balaban J connectivity index is 3.87. The van der Waals surface area contributed by atoms with Crippen LogP contribution in [0.4, 0.5) is 26.3 Å². The minimum atomic E-state index is -5.47. The van der Waals surface area contributed by atoms with Crippen LogP contribution < -0.4 is 0 Å². The molecule has 1 rings (SSSR count). The summed E-state index contributed by atoms with van der Waals surface area (Å²) < 4.78 is 80.8. The first-order valence-electron chi connectivity index (χ1n) is 4.83. The van der Waals surface area contributed by atoms with Crippen molar-refractivity contribution in [3.63, 3.8) is 0 Å². The second-order valence-electron chi connectivity index (χ2n) is 3.51. The fourth-order valence-corrected chi connectivity index (χ4v) is 1.56. The Morgan fingerprint density at radius 3 is 1.95 bits per heavy atom. The van der Waals surface area contributed by atoms with Gasteiger partial charge in [0.2, 0.25) is 0 Å². The van der Waals surface area contributed by atoms with E-state index in [-0.39, 0.29) is 0 Å². The summed E-state index contributed by atoms with van der Waals surface area (Å²) in [7, 11) is 0.730. The summed E-state index contributed by atoms with van der Waals surface area (Å²) >= 11 is 0. The molecular weight excluding hydrogens is 292 g/mol. The minimum Gasteiger partial charge on any atom is -0.465 e. The lowest BCUT2D eigenvalue weighted by Gasteiger charge is -2.19. The van der Waals surface area contributed by atoms with E-state index in [1.807, 2.05) is 0 Å². The zero-order chi connectivity index (χ0) is 15.7. The Kier molecular flexibility index (Phi) is 3.98. The first-order valence-corrected chi connectivity index (χ1v) is 4.83. The monoisotopic (exact) mass is 297 g/mol. The topological polar surface area (TPSA) is 50.1 Å². The zero-order valence-corrected chi connectivity index (χ0v) is 9.69. The molecule has 0 N–H and O–H groups in total. The van der Waals surface area contributed by atoms with E-state index >= 15 is 0 Å². The smallest absolute Gasteiger partial charge is 0.418 e. The van der Waals surface area contributed by atoms with Crippen molar-refractivity contribution in [3.8, 4) is 6.07 Å². The van der Waals surface area contributed by atoms with Crippen LogP contribution in [0.2, 0.25) is 0 Å². The highest BCUT2D eigenvalue weighted by molar-refractivity contribution is 5.92. The molecule has 0 spiro atoms. The van der Waals surface area contributed by atoms with E-state index in [0.717, 1.165) is 13.2 Å². The van der Waals surface area contributed by atoms with Crippen molar-refractivity contribution in [2.24, 2.45) is 0 Å². The van der Waals surface area contributed by atoms with Crippen LogP contribution in [0.15, 0.2) is 12.1 Å². The van der Waals surface area contributed by atoms with Crippen LogP contribution in [0.5, 0.6) is 0 Å². The van der Waals surface area contributed by atoms with Crippen molar-refractivity contribution in [1.29, 1.82) is 5.26 Å². The largest absolute Gasteiger partial charge is 0.465 e. The summed E-state index contributed by atoms with van der Waals surface area (Å²) in [6.45, 7) is 0. The van der Waals surface area contributed by atoms with Crippen LogP contribution in [0.1, 0.15) is 27.0 Å². The number of hydrogen-bond donors (Lipinski definition) is 0. The number of carbonyl (C=O) groups excluding carboxylic acids is 1. The first-order chi connectivity index (χ1) is 9.04. The molecule has 0 aliphatic rings. The molecule has 0 bridgehead atoms. The highest BCUT2D eigenvalue weighted by Crippen LogP contribution is 2.43. The number of methoxy groups -OCH3 is 1. The molecule has 9 heteroatoms. The van der Waals surface area contributed by atoms with Crippen molar-refractivity contribution in [3.05, 3.63) is 34.4 Å². The predicted molar refractivity (Wildman–Crippen MR) is 52.5 cm³/mol. The fraction of sp³-hybridized carbons (Fsp3) is 0.273. The number of alkyl halides is 6. The van der Waals surface area contributed by atoms with Crippen LogP contribution in [-0.2, 0) is 17.1 Å². The maximum Gasteiger partial charge on any atom is 0.418 e. The van der Waals surface area contributed by atoms with Gasteiger partial charge in [0.05, 0.1) is 35.4 Å². The number of nitrogens with zero attached hydrogens (tertiary/aromatic N) is 1. The number of nitriles is 1. The molecule has 1 aromatic carbocycles. The third-order valence-corrected chi connectivity index (χ3v) is 2.30. The Hall–Kier alpha value is -2.24. The van der Waals surface area contributed by atoms with Crippen molar-refractivity contribution in [2.45, 2.75) is 12.4 Å². The number of hydrogen-bond acceptors (Lipinski definition) is 3. The molecule has 0 fully saturated rings. The Labute approximate surface area is 108 Å². The lowest BCUT2D eigenvalue weighted by molar-refractivity contribution is -0.162. The molecule has 0 unspecified atom stereocenters. The molecule has 0 aliphatic heterocycles. The predicted octanol–water partition coefficient (Wildman–Crippen LogP) is 3.38. The number of esters is 1. The highest BCUT2D eigenvalue weighted by atomic mass is 19.4. The molecule has 3 nitrogen and oxygen atoms in total. The zero-order valence-electron chi connectivity index (χ0n) is 9.69. The Bertz CT molecular complexity index is 582. The van der Waals surface area contributed by atoms with Crippen molar-refractivity contribution < 1.29 is 35.9 Å². The third-order valence-electron chi connectivity index (χ3n) is 2.30. The third kappa shape index (κ3) is 2.84. The Morgan fingerprint density at radius 2 is 1.60 bits per heavy atom. The molecular formula is C11H5F6NO2. The van der Waals surface area contributed by atoms with Gasteiger partial charge in [0.15, 0.2) is 0 Å². The van der Waals surface area contributed by atoms with E-state index in [1.54, 1.807) is 0 Å². The standard InChI is InChI=1S/C11H5F6NO2/c1-20-9(19)6-3-2-5(4-18)7(10(12,13)14)8(6)11(15,16)17/h2-3H,1H3. The number of carbonyl (C=O) groups is 1. The maximum absolute atomic E-state index is 12.8. The summed E-state index contributed by atoms with van der Waals surface area (Å²) in [5.74, 6) is -1.58. The van der Waals surface area contributed by atoms with Crippen molar-refractivity contribution >= 4 is 5.97 Å². The molecule has 1 aromatic rings. The second kappa shape index (κ2) is 5.03. The normalized spacial score (nSPS) is 11.9. The molecule has 0 amide bonds. The number of halogens is 6. The minimum absolute atomic E-state index is 0.475. The molecule has 0 heterocycles. The van der Waals surface area contributed by atoms with Crippen LogP contribution in [-0.4, -0.2) is 13.1 Å². The summed E-state index contributed by atoms with van der Waals surface area (Å²) in [5.41, 5.74) is -6.95. The van der Waals surface area contributed by atoms with Gasteiger partial charge in [0.25, 0.3) is 0 Å². The van der Waals surface area contributed by atoms with E-state index in [4.69, 9.17) is 5.26 Å². The summed E-state index contributed by atoms with van der Waals surface area (Å²) in [5, 5.41) is 8.53. The fourth-order valence-electron chi connectivity index (χ4n) is 1.56. The molecule has 108 valence electrons. The molecule has 0 aliphatic carbocycles. The van der Waals surface area contributed by atoms with Gasteiger partial charge in [-0.1, -0.05) is 0 Å².